The summed E-state index contributed by atoms with van der Waals surface area (Å²) in [6.07, 6.45) is 15.1. The monoisotopic (exact) mass is 1230 g/mol. The lowest BCUT2D eigenvalue weighted by molar-refractivity contribution is -0.231. The number of hydrogen-bond donors (Lipinski definition) is 1. The summed E-state index contributed by atoms with van der Waals surface area (Å²) in [7, 11) is -3.53. The van der Waals surface area contributed by atoms with Crippen LogP contribution in [0.25, 0.3) is 0 Å². The van der Waals surface area contributed by atoms with Crippen LogP contribution in [0.2, 0.25) is 0 Å². The number of fused-ring (bicyclic) bond motifs is 1. The van der Waals surface area contributed by atoms with Crippen LogP contribution in [-0.2, 0) is 71.5 Å². The standard InChI is InChI=1S/C19H32O2.C16H26O3.C15H22O7S.C10H16O4.8CH4/c1-6-18(4,5)17(20)21-19(12(2)3)15-8-13-7-14(10-15)11-16(19)9-13;1-4-14(2,3)13(17)19-16-8-11-5-12(9-16)7-15(18,6-11)10-16;1-4-15(2,3)14(17)20-7-11(16)21-12-8-5-9-10(6-8)23(18,19)22-13(9)12;1-4-10(2,3)9(12)14-7-5-6-13-8(7)11;;;;;;;;/h12-16H,6-11H2,1-5H3;11-12,18H,4-10H2,1-3H3;8-10,12-13H,4-7H2,1-3H3;7H,4-6H2,1-3H3;8*1H4. The molecular weight excluding hydrogens is 1100 g/mol. The van der Waals surface area contributed by atoms with E-state index in [9.17, 15) is 42.3 Å². The smallest absolute Gasteiger partial charge is 0.347 e. The highest BCUT2D eigenvalue weighted by Gasteiger charge is 2.66. The minimum absolute atomic E-state index is 0. The average Bonchev–Trinajstić information content (AvgIpc) is 4.09. The summed E-state index contributed by atoms with van der Waals surface area (Å²) in [5.74, 6) is 2.63. The second-order valence-electron chi connectivity index (χ2n) is 28.3. The van der Waals surface area contributed by atoms with E-state index in [-0.39, 0.29) is 106 Å². The van der Waals surface area contributed by atoms with Crippen LogP contribution in [0.4, 0.5) is 0 Å². The topological polar surface area (TPSA) is 221 Å². The maximum atomic E-state index is 12.8. The first-order chi connectivity index (χ1) is 35.7. The van der Waals surface area contributed by atoms with Crippen molar-refractivity contribution in [1.82, 2.24) is 0 Å². The maximum Gasteiger partial charge on any atom is 0.347 e. The summed E-state index contributed by atoms with van der Waals surface area (Å²) in [5, 5.41) is 10.2. The van der Waals surface area contributed by atoms with Gasteiger partial charge < -0.3 is 33.5 Å². The van der Waals surface area contributed by atoms with Gasteiger partial charge in [0.05, 0.1) is 39.1 Å². The first kappa shape index (κ1) is 83.8. The Kier molecular flexibility index (Phi) is 30.5. The van der Waals surface area contributed by atoms with Crippen LogP contribution in [0.15, 0.2) is 0 Å². The van der Waals surface area contributed by atoms with Crippen molar-refractivity contribution < 1.29 is 74.9 Å². The summed E-state index contributed by atoms with van der Waals surface area (Å²) in [6, 6.07) is 0. The Balaban J connectivity index is 0. The van der Waals surface area contributed by atoms with Crippen LogP contribution < -0.4 is 0 Å². The molecule has 8 unspecified atom stereocenters. The van der Waals surface area contributed by atoms with Crippen molar-refractivity contribution in [2.75, 3.05) is 13.2 Å². The summed E-state index contributed by atoms with van der Waals surface area (Å²) in [4.78, 5) is 71.5. The molecular formula is C68H128O16S. The number of esters is 6. The zero-order valence-corrected chi connectivity index (χ0v) is 49.9. The quantitative estimate of drug-likeness (QED) is 0.0915. The van der Waals surface area contributed by atoms with E-state index in [2.05, 4.69) is 20.8 Å². The zero-order valence-electron chi connectivity index (χ0n) is 49.1. The highest BCUT2D eigenvalue weighted by molar-refractivity contribution is 7.87. The number of carbonyl (C=O) groups is 6. The maximum absolute atomic E-state index is 12.8. The van der Waals surface area contributed by atoms with Gasteiger partial charge in [-0.3, -0.25) is 23.4 Å². The second-order valence-corrected chi connectivity index (χ2v) is 30.1. The predicted octanol–water partition coefficient (Wildman–Crippen LogP) is 15.3. The molecule has 16 nitrogen and oxygen atoms in total. The number of hydrogen-bond acceptors (Lipinski definition) is 16. The van der Waals surface area contributed by atoms with E-state index in [1.54, 1.807) is 27.7 Å². The van der Waals surface area contributed by atoms with E-state index in [0.717, 1.165) is 50.4 Å². The summed E-state index contributed by atoms with van der Waals surface area (Å²) < 4.78 is 61.3. The lowest BCUT2D eigenvalue weighted by Crippen LogP contribution is -2.63. The second kappa shape index (κ2) is 30.9. The lowest BCUT2D eigenvalue weighted by atomic mass is 9.47. The Hall–Kier alpha value is -3.31. The van der Waals surface area contributed by atoms with E-state index < -0.39 is 80.0 Å². The Morgan fingerprint density at radius 3 is 1.48 bits per heavy atom. The molecule has 12 fully saturated rings. The molecule has 10 saturated carbocycles. The highest BCUT2D eigenvalue weighted by atomic mass is 32.2. The molecule has 1 N–H and O–H groups in total. The fraction of sp³-hybridized carbons (Fsp3) is 0.912. The van der Waals surface area contributed by atoms with E-state index in [1.165, 1.54) is 38.5 Å². The van der Waals surface area contributed by atoms with Gasteiger partial charge in [0.25, 0.3) is 10.1 Å². The molecule has 85 heavy (non-hydrogen) atoms. The molecule has 0 aromatic heterocycles. The van der Waals surface area contributed by atoms with E-state index >= 15 is 0 Å². The normalized spacial score (nSPS) is 33.8. The van der Waals surface area contributed by atoms with Gasteiger partial charge in [0.15, 0.2) is 6.61 Å². The van der Waals surface area contributed by atoms with Gasteiger partial charge in [0, 0.05) is 24.7 Å². The Bertz CT molecular complexity index is 2270. The van der Waals surface area contributed by atoms with Gasteiger partial charge in [-0.15, -0.1) is 0 Å². The first-order valence-electron chi connectivity index (χ1n) is 29.5. The predicted molar refractivity (Wildman–Crippen MR) is 339 cm³/mol. The molecule has 0 radical (unpaired) electrons. The molecule has 2 aliphatic heterocycles. The van der Waals surface area contributed by atoms with Gasteiger partial charge in [-0.2, -0.15) is 8.42 Å². The Morgan fingerprint density at radius 1 is 0.600 bits per heavy atom. The van der Waals surface area contributed by atoms with Crippen molar-refractivity contribution in [3.05, 3.63) is 0 Å². The molecule has 10 aliphatic carbocycles. The highest BCUT2D eigenvalue weighted by Crippen LogP contribution is 2.63. The molecule has 12 rings (SSSR count). The van der Waals surface area contributed by atoms with Gasteiger partial charge in [0.1, 0.15) is 23.4 Å². The zero-order chi connectivity index (χ0) is 57.1. The van der Waals surface area contributed by atoms with Crippen LogP contribution in [0, 0.1) is 74.9 Å². The van der Waals surface area contributed by atoms with Crippen molar-refractivity contribution in [1.29, 1.82) is 0 Å². The first-order valence-corrected chi connectivity index (χ1v) is 31.0. The fourth-order valence-electron chi connectivity index (χ4n) is 15.0. The molecule has 0 amide bonds. The van der Waals surface area contributed by atoms with Crippen molar-refractivity contribution >= 4 is 45.9 Å². The molecule has 0 spiro atoms. The molecule has 8 atom stereocenters. The van der Waals surface area contributed by atoms with Crippen molar-refractivity contribution in [2.45, 2.75) is 312 Å². The largest absolute Gasteiger partial charge is 0.463 e. The van der Waals surface area contributed by atoms with E-state index in [4.69, 9.17) is 32.6 Å². The van der Waals surface area contributed by atoms with E-state index in [0.29, 0.717) is 74.7 Å². The minimum Gasteiger partial charge on any atom is -0.463 e. The number of carbonyl (C=O) groups excluding carboxylic acids is 6. The van der Waals surface area contributed by atoms with Gasteiger partial charge in [-0.1, -0.05) is 101 Å². The molecule has 502 valence electrons. The molecule has 0 aromatic carbocycles. The van der Waals surface area contributed by atoms with Crippen LogP contribution in [0.5, 0.6) is 0 Å². The Morgan fingerprint density at radius 2 is 1.05 bits per heavy atom. The molecule has 0 aromatic rings. The van der Waals surface area contributed by atoms with Gasteiger partial charge in [-0.25, -0.2) is 9.59 Å². The summed E-state index contributed by atoms with van der Waals surface area (Å²) in [5.41, 5.74) is -3.02. The van der Waals surface area contributed by atoms with E-state index in [1.807, 2.05) is 48.5 Å². The number of cyclic esters (lactones) is 1. The molecule has 2 saturated heterocycles. The van der Waals surface area contributed by atoms with Crippen LogP contribution >= 0.6 is 0 Å². The van der Waals surface area contributed by atoms with Crippen molar-refractivity contribution in [3.63, 3.8) is 0 Å². The third-order valence-corrected chi connectivity index (χ3v) is 22.5. The van der Waals surface area contributed by atoms with Crippen LogP contribution in [0.3, 0.4) is 0 Å². The summed E-state index contributed by atoms with van der Waals surface area (Å²) in [6.45, 7) is 27.4. The lowest BCUT2D eigenvalue weighted by Gasteiger charge is -2.62. The number of rotatable bonds is 15. The number of aliphatic hydroxyl groups is 1. The van der Waals surface area contributed by atoms with Gasteiger partial charge in [-0.05, 0) is 200 Å². The van der Waals surface area contributed by atoms with Gasteiger partial charge >= 0.3 is 35.8 Å². The van der Waals surface area contributed by atoms with Crippen LogP contribution in [0.1, 0.15) is 272 Å². The Labute approximate surface area is 519 Å². The molecule has 10 bridgehead atoms. The van der Waals surface area contributed by atoms with Gasteiger partial charge in [0.2, 0.25) is 6.10 Å². The SMILES string of the molecule is C.C.C.C.C.C.C.C.CCC(C)(C)C(=O)OC1(C(C)C)C2CC3CC(C2)CC1C3.CCC(C)(C)C(=O)OC12CC3CC(CC(O)(C3)C1)C2.CCC(C)(C)C(=O)OC1CCOC1=O.CCC(C)(C)C(=O)OCC(=O)OC1C2CC3C1OS(=O)(=O)C3C2. The van der Waals surface area contributed by atoms with Crippen LogP contribution in [-0.4, -0.2) is 103 Å². The average molecular weight is 1230 g/mol. The molecule has 12 aliphatic rings. The third kappa shape index (κ3) is 17.6. The third-order valence-electron chi connectivity index (χ3n) is 20.8. The molecule has 17 heteroatoms. The molecule has 2 heterocycles. The number of ether oxygens (including phenoxy) is 6. The minimum atomic E-state index is -3.53. The fourth-order valence-corrected chi connectivity index (χ4v) is 16.9. The van der Waals surface area contributed by atoms with Crippen molar-refractivity contribution in [2.24, 2.45) is 74.9 Å². The van der Waals surface area contributed by atoms with Crippen molar-refractivity contribution in [3.8, 4) is 0 Å². The summed E-state index contributed by atoms with van der Waals surface area (Å²) >= 11 is 0.